The molecule has 0 spiro atoms. The molecule has 36 heavy (non-hydrogen) atoms. The zero-order valence-electron chi connectivity index (χ0n) is 20.9. The molecule has 0 saturated heterocycles. The summed E-state index contributed by atoms with van der Waals surface area (Å²) in [5, 5.41) is 11.5. The minimum atomic E-state index is -0.970. The number of carboxylic acid groups (broad SMARTS) is 1. The van der Waals surface area contributed by atoms with Crippen molar-refractivity contribution in [1.29, 1.82) is 0 Å². The zero-order chi connectivity index (χ0) is 24.9. The van der Waals surface area contributed by atoms with Crippen LogP contribution in [0.5, 0.6) is 5.75 Å². The van der Waals surface area contributed by atoms with Crippen LogP contribution in [0.4, 0.5) is 0 Å². The van der Waals surface area contributed by atoms with E-state index in [4.69, 9.17) is 14.2 Å². The summed E-state index contributed by atoms with van der Waals surface area (Å²) in [5.74, 6) is 2.36. The van der Waals surface area contributed by atoms with E-state index < -0.39 is 5.97 Å². The first-order valence-electron chi connectivity index (χ1n) is 13.0. The molecule has 4 aliphatic carbocycles. The summed E-state index contributed by atoms with van der Waals surface area (Å²) in [6, 6.07) is 14.1. The third kappa shape index (κ3) is 4.16. The molecule has 0 radical (unpaired) electrons. The van der Waals surface area contributed by atoms with Crippen molar-refractivity contribution in [3.8, 4) is 17.0 Å². The third-order valence-electron chi connectivity index (χ3n) is 8.73. The minimum Gasteiger partial charge on any atom is -0.478 e. The number of aromatic nitrogens is 1. The number of pyridine rings is 1. The number of carboxylic acids is 1. The molecular formula is C30H33NO5. The van der Waals surface area contributed by atoms with Crippen LogP contribution < -0.4 is 4.74 Å². The third-order valence-corrected chi connectivity index (χ3v) is 8.73. The van der Waals surface area contributed by atoms with Crippen molar-refractivity contribution in [1.82, 2.24) is 4.98 Å². The summed E-state index contributed by atoms with van der Waals surface area (Å²) in [4.78, 5) is 15.8. The van der Waals surface area contributed by atoms with Crippen molar-refractivity contribution < 1.29 is 24.1 Å². The number of hydrogen-bond acceptors (Lipinski definition) is 5. The van der Waals surface area contributed by atoms with Gasteiger partial charge in [0, 0.05) is 24.4 Å². The second kappa shape index (κ2) is 9.16. The van der Waals surface area contributed by atoms with E-state index in [1.807, 2.05) is 13.0 Å². The van der Waals surface area contributed by atoms with Crippen LogP contribution in [0.2, 0.25) is 0 Å². The Morgan fingerprint density at radius 1 is 1.08 bits per heavy atom. The molecule has 1 aromatic heterocycles. The second-order valence-corrected chi connectivity index (χ2v) is 11.0. The number of rotatable bonds is 8. The fourth-order valence-corrected chi connectivity index (χ4v) is 7.44. The van der Waals surface area contributed by atoms with E-state index in [9.17, 15) is 9.90 Å². The summed E-state index contributed by atoms with van der Waals surface area (Å²) in [6.07, 6.45) is 8.91. The standard InChI is InChI=1S/C30H33NO5/c1-18(34-2)35-17-36-28-11-22-4-3-5-24(27-7-6-23(16-31-27)29(32)33)25(22)12-26(28)30-13-19-8-20(14-30)10-21(9-19)15-30/h3-7,11-12,16,18-21H,8-10,13-15,17H2,1-2H3,(H,32,33). The van der Waals surface area contributed by atoms with Gasteiger partial charge in [-0.3, -0.25) is 4.98 Å². The van der Waals surface area contributed by atoms with Crippen molar-refractivity contribution in [2.75, 3.05) is 13.9 Å². The molecule has 1 N–H and O–H groups in total. The number of methoxy groups -OCH3 is 1. The van der Waals surface area contributed by atoms with Gasteiger partial charge >= 0.3 is 5.97 Å². The maximum atomic E-state index is 11.3. The SMILES string of the molecule is COC(C)OCOc1cc2cccc(-c3ccc(C(=O)O)cn3)c2cc1C12CC3CC(CC(C3)C1)C2. The lowest BCUT2D eigenvalue weighted by molar-refractivity contribution is -0.150. The molecule has 4 saturated carbocycles. The molecule has 1 unspecified atom stereocenters. The van der Waals surface area contributed by atoms with Gasteiger partial charge in [0.25, 0.3) is 0 Å². The smallest absolute Gasteiger partial charge is 0.337 e. The number of benzene rings is 2. The average molecular weight is 488 g/mol. The van der Waals surface area contributed by atoms with Crippen molar-refractivity contribution in [2.45, 2.75) is 57.2 Å². The van der Waals surface area contributed by atoms with Gasteiger partial charge in [-0.05, 0) is 104 Å². The number of hydrogen-bond donors (Lipinski definition) is 1. The fraction of sp³-hybridized carbons (Fsp3) is 0.467. The van der Waals surface area contributed by atoms with Crippen molar-refractivity contribution >= 4 is 16.7 Å². The molecule has 2 aromatic carbocycles. The molecule has 1 heterocycles. The number of nitrogens with zero attached hydrogens (tertiary/aromatic N) is 1. The second-order valence-electron chi connectivity index (χ2n) is 11.0. The van der Waals surface area contributed by atoms with Gasteiger partial charge in [0.1, 0.15) is 5.75 Å². The van der Waals surface area contributed by atoms with E-state index >= 15 is 0 Å². The molecule has 1 atom stereocenters. The fourth-order valence-electron chi connectivity index (χ4n) is 7.44. The Balaban J connectivity index is 1.45. The van der Waals surface area contributed by atoms with Gasteiger partial charge in [0.15, 0.2) is 13.1 Å². The Bertz CT molecular complexity index is 1250. The Morgan fingerprint density at radius 3 is 2.42 bits per heavy atom. The van der Waals surface area contributed by atoms with Gasteiger partial charge in [-0.1, -0.05) is 18.2 Å². The summed E-state index contributed by atoms with van der Waals surface area (Å²) < 4.78 is 17.2. The normalized spacial score (nSPS) is 27.3. The van der Waals surface area contributed by atoms with Crippen molar-refractivity contribution in [2.24, 2.45) is 17.8 Å². The van der Waals surface area contributed by atoms with Crippen molar-refractivity contribution in [3.63, 3.8) is 0 Å². The molecule has 4 fully saturated rings. The maximum Gasteiger partial charge on any atom is 0.337 e. The highest BCUT2D eigenvalue weighted by molar-refractivity contribution is 5.98. The molecule has 188 valence electrons. The summed E-state index contributed by atoms with van der Waals surface area (Å²) in [5.41, 5.74) is 3.39. The Morgan fingerprint density at radius 2 is 1.81 bits per heavy atom. The molecule has 4 bridgehead atoms. The van der Waals surface area contributed by atoms with E-state index in [0.717, 1.165) is 45.5 Å². The van der Waals surface area contributed by atoms with Crippen LogP contribution in [0.1, 0.15) is 61.4 Å². The minimum absolute atomic E-state index is 0.137. The Kier molecular flexibility index (Phi) is 5.97. The summed E-state index contributed by atoms with van der Waals surface area (Å²) in [6.45, 7) is 2.00. The first-order chi connectivity index (χ1) is 17.4. The van der Waals surface area contributed by atoms with Crippen molar-refractivity contribution in [3.05, 3.63) is 59.8 Å². The van der Waals surface area contributed by atoms with E-state index in [0.29, 0.717) is 0 Å². The topological polar surface area (TPSA) is 77.9 Å². The number of fused-ring (bicyclic) bond motifs is 1. The van der Waals surface area contributed by atoms with E-state index in [1.165, 1.54) is 50.3 Å². The first kappa shape index (κ1) is 23.4. The first-order valence-corrected chi connectivity index (χ1v) is 13.0. The lowest BCUT2D eigenvalue weighted by atomic mass is 9.48. The zero-order valence-corrected chi connectivity index (χ0v) is 20.9. The molecule has 6 heteroatoms. The Hall–Kier alpha value is -2.96. The van der Waals surface area contributed by atoms with E-state index in [1.54, 1.807) is 19.2 Å². The highest BCUT2D eigenvalue weighted by Gasteiger charge is 2.52. The molecule has 4 aliphatic rings. The van der Waals surface area contributed by atoms with Crippen LogP contribution in [0, 0.1) is 17.8 Å². The summed E-state index contributed by atoms with van der Waals surface area (Å²) in [7, 11) is 1.63. The highest BCUT2D eigenvalue weighted by atomic mass is 16.7. The quantitative estimate of drug-likeness (QED) is 0.370. The van der Waals surface area contributed by atoms with Crippen LogP contribution in [-0.2, 0) is 14.9 Å². The largest absolute Gasteiger partial charge is 0.478 e. The predicted octanol–water partition coefficient (Wildman–Crippen LogP) is 6.41. The van der Waals surface area contributed by atoms with E-state index in [2.05, 4.69) is 29.2 Å². The molecular weight excluding hydrogens is 454 g/mol. The maximum absolute atomic E-state index is 11.3. The average Bonchev–Trinajstić information content (AvgIpc) is 2.87. The molecule has 3 aromatic rings. The van der Waals surface area contributed by atoms with Gasteiger partial charge in [-0.25, -0.2) is 4.79 Å². The van der Waals surface area contributed by atoms with Crippen LogP contribution in [0.25, 0.3) is 22.0 Å². The lowest BCUT2D eigenvalue weighted by Crippen LogP contribution is -2.48. The van der Waals surface area contributed by atoms with E-state index in [-0.39, 0.29) is 24.1 Å². The number of ether oxygens (including phenoxy) is 3. The van der Waals surface area contributed by atoms with Gasteiger partial charge in [0.05, 0.1) is 11.3 Å². The van der Waals surface area contributed by atoms with Crippen LogP contribution in [-0.4, -0.2) is 36.3 Å². The van der Waals surface area contributed by atoms with Crippen LogP contribution in [0.3, 0.4) is 0 Å². The van der Waals surface area contributed by atoms with Gasteiger partial charge in [-0.2, -0.15) is 0 Å². The lowest BCUT2D eigenvalue weighted by Gasteiger charge is -2.57. The monoisotopic (exact) mass is 487 g/mol. The Labute approximate surface area is 211 Å². The van der Waals surface area contributed by atoms with Crippen LogP contribution in [0.15, 0.2) is 48.7 Å². The molecule has 0 amide bonds. The van der Waals surface area contributed by atoms with Gasteiger partial charge in [-0.15, -0.1) is 0 Å². The number of aromatic carboxylic acids is 1. The molecule has 7 rings (SSSR count). The molecule has 6 nitrogen and oxygen atoms in total. The molecule has 0 aliphatic heterocycles. The predicted molar refractivity (Wildman–Crippen MR) is 137 cm³/mol. The van der Waals surface area contributed by atoms with Crippen LogP contribution >= 0.6 is 0 Å². The highest BCUT2D eigenvalue weighted by Crippen LogP contribution is 2.62. The van der Waals surface area contributed by atoms with Gasteiger partial charge < -0.3 is 19.3 Å². The number of carbonyl (C=O) groups is 1. The van der Waals surface area contributed by atoms with Gasteiger partial charge in [0.2, 0.25) is 0 Å². The summed E-state index contributed by atoms with van der Waals surface area (Å²) >= 11 is 0.